The number of hydrogen-bond donors (Lipinski definition) is 3. The van der Waals surface area contributed by atoms with Crippen LogP contribution in [0.5, 0.6) is 11.5 Å². The molecule has 3 N–H and O–H groups in total. The molecule has 0 saturated heterocycles. The van der Waals surface area contributed by atoms with Gasteiger partial charge in [0.25, 0.3) is 0 Å². The maximum Gasteiger partial charge on any atom is 0.172 e. The summed E-state index contributed by atoms with van der Waals surface area (Å²) in [6.45, 7) is 0.806. The van der Waals surface area contributed by atoms with E-state index in [-0.39, 0.29) is 6.04 Å². The highest BCUT2D eigenvalue weighted by molar-refractivity contribution is 5.76. The molecule has 0 aliphatic carbocycles. The van der Waals surface area contributed by atoms with Gasteiger partial charge in [0.1, 0.15) is 11.9 Å². The summed E-state index contributed by atoms with van der Waals surface area (Å²) in [5.74, 6) is 1.97. The minimum atomic E-state index is -0.728. The molecular formula is C18H23NO5. The monoisotopic (exact) mass is 333 g/mol. The Labute approximate surface area is 141 Å². The van der Waals surface area contributed by atoms with Gasteiger partial charge in [-0.05, 0) is 42.7 Å². The Balaban J connectivity index is 1.98. The molecule has 1 aromatic carbocycles. The van der Waals surface area contributed by atoms with E-state index in [4.69, 9.17) is 14.2 Å². The molecule has 0 fully saturated rings. The van der Waals surface area contributed by atoms with Crippen molar-refractivity contribution in [1.29, 1.82) is 0 Å². The summed E-state index contributed by atoms with van der Waals surface area (Å²) in [6, 6.07) is 1.90. The van der Waals surface area contributed by atoms with Crippen molar-refractivity contribution in [3.8, 4) is 11.5 Å². The third-order valence-corrected chi connectivity index (χ3v) is 5.17. The van der Waals surface area contributed by atoms with Gasteiger partial charge in [-0.3, -0.25) is 0 Å². The van der Waals surface area contributed by atoms with Gasteiger partial charge in [-0.25, -0.2) is 0 Å². The Morgan fingerprint density at radius 2 is 2.08 bits per heavy atom. The Bertz CT molecular complexity index is 686. The molecule has 3 aliphatic heterocycles. The first-order chi connectivity index (χ1) is 11.6. The first kappa shape index (κ1) is 15.7. The zero-order chi connectivity index (χ0) is 16.8. The quantitative estimate of drug-likeness (QED) is 0.753. The number of aliphatic hydroxyl groups excluding tert-OH is 2. The lowest BCUT2D eigenvalue weighted by atomic mass is 9.80. The second-order valence-corrected chi connectivity index (χ2v) is 6.59. The molecule has 0 unspecified atom stereocenters. The Hall–Kier alpha value is -1.76. The number of aliphatic hydroxyl groups is 2. The molecule has 0 saturated carbocycles. The van der Waals surface area contributed by atoms with Crippen molar-refractivity contribution in [2.24, 2.45) is 0 Å². The van der Waals surface area contributed by atoms with Gasteiger partial charge in [0.2, 0.25) is 0 Å². The molecule has 2 bridgehead atoms. The molecule has 3 heterocycles. The molecule has 4 rings (SSSR count). The Morgan fingerprint density at radius 1 is 1.25 bits per heavy atom. The number of ether oxygens (including phenoxy) is 3. The standard InChI is InChI=1S/C18H23NO5/c1-22-13-7-9-5-6-19-16-14(9)15(18(13)23-2)12-4-3-10(20)8-11(21)17(16)24-12/h4,7,10-11,16-17,19-21H,3,5-6,8H2,1-2H3/b12-4-/t10-,11-,16-,17-/m0/s1. The lowest BCUT2D eigenvalue weighted by Gasteiger charge is -2.43. The maximum absolute atomic E-state index is 10.6. The summed E-state index contributed by atoms with van der Waals surface area (Å²) < 4.78 is 17.3. The molecule has 4 atom stereocenters. The fourth-order valence-electron chi connectivity index (χ4n) is 4.09. The van der Waals surface area contributed by atoms with E-state index >= 15 is 0 Å². The van der Waals surface area contributed by atoms with Gasteiger partial charge >= 0.3 is 0 Å². The van der Waals surface area contributed by atoms with Gasteiger partial charge < -0.3 is 29.7 Å². The molecule has 3 aliphatic rings. The van der Waals surface area contributed by atoms with Gasteiger partial charge in [-0.15, -0.1) is 0 Å². The molecule has 1 aromatic rings. The van der Waals surface area contributed by atoms with E-state index < -0.39 is 18.3 Å². The molecule has 6 heteroatoms. The van der Waals surface area contributed by atoms with Crippen LogP contribution in [0.15, 0.2) is 12.1 Å². The van der Waals surface area contributed by atoms with Gasteiger partial charge in [0, 0.05) is 6.42 Å². The van der Waals surface area contributed by atoms with Crippen LogP contribution in [0.25, 0.3) is 5.76 Å². The van der Waals surface area contributed by atoms with Crippen LogP contribution in [0.1, 0.15) is 35.6 Å². The molecular weight excluding hydrogens is 310 g/mol. The summed E-state index contributed by atoms with van der Waals surface area (Å²) in [5.41, 5.74) is 3.19. The van der Waals surface area contributed by atoms with E-state index in [1.54, 1.807) is 14.2 Å². The van der Waals surface area contributed by atoms with Crippen molar-refractivity contribution >= 4 is 5.76 Å². The van der Waals surface area contributed by atoms with Crippen LogP contribution < -0.4 is 14.8 Å². The van der Waals surface area contributed by atoms with Crippen LogP contribution in [0, 0.1) is 0 Å². The van der Waals surface area contributed by atoms with Gasteiger partial charge in [0.15, 0.2) is 11.5 Å². The number of benzene rings is 1. The lowest BCUT2D eigenvalue weighted by molar-refractivity contribution is -0.0393. The van der Waals surface area contributed by atoms with Crippen LogP contribution in [0.2, 0.25) is 0 Å². The summed E-state index contributed by atoms with van der Waals surface area (Å²) in [6.07, 6.45) is 1.80. The minimum Gasteiger partial charge on any atom is -0.493 e. The number of fused-ring (bicyclic) bond motifs is 4. The van der Waals surface area contributed by atoms with Crippen molar-refractivity contribution < 1.29 is 24.4 Å². The first-order valence-corrected chi connectivity index (χ1v) is 8.38. The van der Waals surface area contributed by atoms with Crippen molar-refractivity contribution in [3.05, 3.63) is 28.8 Å². The van der Waals surface area contributed by atoms with Crippen molar-refractivity contribution in [3.63, 3.8) is 0 Å². The first-order valence-electron chi connectivity index (χ1n) is 8.38. The highest BCUT2D eigenvalue weighted by atomic mass is 16.5. The summed E-state index contributed by atoms with van der Waals surface area (Å²) in [5, 5.41) is 24.1. The summed E-state index contributed by atoms with van der Waals surface area (Å²) >= 11 is 0. The number of nitrogens with one attached hydrogen (secondary N) is 1. The van der Waals surface area contributed by atoms with E-state index in [1.165, 1.54) is 5.56 Å². The van der Waals surface area contributed by atoms with E-state index in [1.807, 2.05) is 12.1 Å². The predicted molar refractivity (Wildman–Crippen MR) is 88.1 cm³/mol. The fraction of sp³-hybridized carbons (Fsp3) is 0.556. The van der Waals surface area contributed by atoms with Crippen LogP contribution in [0.4, 0.5) is 0 Å². The molecule has 0 radical (unpaired) electrons. The predicted octanol–water partition coefficient (Wildman–Crippen LogP) is 1.15. The highest BCUT2D eigenvalue weighted by Gasteiger charge is 2.44. The molecule has 6 nitrogen and oxygen atoms in total. The van der Waals surface area contributed by atoms with E-state index in [0.29, 0.717) is 30.1 Å². The van der Waals surface area contributed by atoms with E-state index in [0.717, 1.165) is 24.1 Å². The molecule has 130 valence electrons. The Morgan fingerprint density at radius 3 is 2.83 bits per heavy atom. The highest BCUT2D eigenvalue weighted by Crippen LogP contribution is 2.50. The van der Waals surface area contributed by atoms with Crippen molar-refractivity contribution in [1.82, 2.24) is 5.32 Å². The topological polar surface area (TPSA) is 80.2 Å². The number of methoxy groups -OCH3 is 2. The second kappa shape index (κ2) is 5.95. The zero-order valence-electron chi connectivity index (χ0n) is 13.9. The molecule has 24 heavy (non-hydrogen) atoms. The van der Waals surface area contributed by atoms with Gasteiger partial charge in [0.05, 0.1) is 38.0 Å². The second-order valence-electron chi connectivity index (χ2n) is 6.59. The van der Waals surface area contributed by atoms with Crippen LogP contribution in [0.3, 0.4) is 0 Å². The number of hydrogen-bond acceptors (Lipinski definition) is 6. The van der Waals surface area contributed by atoms with Gasteiger partial charge in [-0.1, -0.05) is 0 Å². The normalized spacial score (nSPS) is 33.2. The van der Waals surface area contributed by atoms with Crippen LogP contribution >= 0.6 is 0 Å². The molecule has 0 amide bonds. The largest absolute Gasteiger partial charge is 0.493 e. The maximum atomic E-state index is 10.6. The fourth-order valence-corrected chi connectivity index (χ4v) is 4.09. The van der Waals surface area contributed by atoms with Gasteiger partial charge in [-0.2, -0.15) is 0 Å². The summed E-state index contributed by atoms with van der Waals surface area (Å²) in [7, 11) is 3.24. The number of rotatable bonds is 2. The van der Waals surface area contributed by atoms with E-state index in [2.05, 4.69) is 5.32 Å². The summed E-state index contributed by atoms with van der Waals surface area (Å²) in [4.78, 5) is 0. The SMILES string of the molecule is COc1cc2c3c(c1OC)/C1=C/C[C@H](O)C[C@H](O)[C@H](O1)[C@H]3NCC2. The minimum absolute atomic E-state index is 0.124. The molecule has 0 aromatic heterocycles. The van der Waals surface area contributed by atoms with Crippen molar-refractivity contribution in [2.75, 3.05) is 20.8 Å². The lowest BCUT2D eigenvalue weighted by Crippen LogP contribution is -2.48. The van der Waals surface area contributed by atoms with E-state index in [9.17, 15) is 10.2 Å². The Kier molecular flexibility index (Phi) is 3.90. The molecule has 0 spiro atoms. The zero-order valence-corrected chi connectivity index (χ0v) is 13.9. The third kappa shape index (κ3) is 2.29. The smallest absolute Gasteiger partial charge is 0.172 e. The average Bonchev–Trinajstić information content (AvgIpc) is 2.59. The van der Waals surface area contributed by atoms with Crippen molar-refractivity contribution in [2.45, 2.75) is 43.6 Å². The third-order valence-electron chi connectivity index (χ3n) is 5.17. The van der Waals surface area contributed by atoms with Crippen LogP contribution in [-0.4, -0.2) is 49.3 Å². The van der Waals surface area contributed by atoms with Crippen LogP contribution in [-0.2, 0) is 11.2 Å². The average molecular weight is 333 g/mol.